The summed E-state index contributed by atoms with van der Waals surface area (Å²) in [5, 5.41) is 9.40. The number of rotatable bonds is 2. The lowest BCUT2D eigenvalue weighted by Gasteiger charge is -2.18. The molecule has 0 aliphatic carbocycles. The van der Waals surface area contributed by atoms with Gasteiger partial charge in [0.15, 0.2) is 0 Å². The molecule has 0 amide bonds. The Morgan fingerprint density at radius 1 is 0.926 bits per heavy atom. The first-order valence-corrected chi connectivity index (χ1v) is 9.05. The van der Waals surface area contributed by atoms with Crippen molar-refractivity contribution in [3.63, 3.8) is 0 Å². The normalized spacial score (nSPS) is 11.5. The van der Waals surface area contributed by atoms with E-state index in [-0.39, 0.29) is 5.41 Å². The standard InChI is InChI=1S/C24H21N3/c1-24(2,3)19-11-12-23-22(14-19)26-16-27(23)20-9-6-8-17(13-20)21-10-5-4-7-18(21)15-25/h4-14,16H,1-3H3. The number of benzene rings is 3. The first-order valence-electron chi connectivity index (χ1n) is 9.05. The molecule has 0 spiro atoms. The monoisotopic (exact) mass is 351 g/mol. The molecule has 3 nitrogen and oxygen atoms in total. The van der Waals surface area contributed by atoms with Gasteiger partial charge in [-0.1, -0.05) is 57.2 Å². The van der Waals surface area contributed by atoms with Crippen LogP contribution in [0.3, 0.4) is 0 Å². The number of hydrogen-bond donors (Lipinski definition) is 0. The second kappa shape index (κ2) is 6.41. The van der Waals surface area contributed by atoms with Gasteiger partial charge in [-0.3, -0.25) is 4.57 Å². The zero-order valence-corrected chi connectivity index (χ0v) is 15.8. The van der Waals surface area contributed by atoms with Crippen molar-refractivity contribution in [3.8, 4) is 22.9 Å². The lowest BCUT2D eigenvalue weighted by atomic mass is 9.87. The third-order valence-electron chi connectivity index (χ3n) is 4.90. The molecular weight excluding hydrogens is 330 g/mol. The zero-order chi connectivity index (χ0) is 19.0. The summed E-state index contributed by atoms with van der Waals surface area (Å²) in [6.45, 7) is 6.63. The molecule has 0 saturated heterocycles. The molecule has 0 atom stereocenters. The van der Waals surface area contributed by atoms with Crippen molar-refractivity contribution in [2.45, 2.75) is 26.2 Å². The maximum absolute atomic E-state index is 9.40. The second-order valence-corrected chi connectivity index (χ2v) is 7.78. The van der Waals surface area contributed by atoms with Crippen LogP contribution in [0.5, 0.6) is 0 Å². The lowest BCUT2D eigenvalue weighted by molar-refractivity contribution is 0.591. The van der Waals surface area contributed by atoms with Crippen LogP contribution in [0.15, 0.2) is 73.1 Å². The van der Waals surface area contributed by atoms with Gasteiger partial charge in [0.05, 0.1) is 22.7 Å². The summed E-state index contributed by atoms with van der Waals surface area (Å²) in [7, 11) is 0. The Morgan fingerprint density at radius 3 is 2.52 bits per heavy atom. The number of nitrogens with zero attached hydrogens (tertiary/aromatic N) is 3. The fourth-order valence-electron chi connectivity index (χ4n) is 3.34. The Bertz CT molecular complexity index is 1170. The Kier molecular flexibility index (Phi) is 4.05. The van der Waals surface area contributed by atoms with Crippen LogP contribution in [-0.2, 0) is 5.41 Å². The minimum absolute atomic E-state index is 0.0961. The highest BCUT2D eigenvalue weighted by atomic mass is 15.0. The highest BCUT2D eigenvalue weighted by Crippen LogP contribution is 2.29. The first-order chi connectivity index (χ1) is 13.0. The molecule has 0 aliphatic rings. The van der Waals surface area contributed by atoms with Crippen LogP contribution in [0.1, 0.15) is 31.9 Å². The van der Waals surface area contributed by atoms with Crippen LogP contribution in [-0.4, -0.2) is 9.55 Å². The van der Waals surface area contributed by atoms with Crippen molar-refractivity contribution >= 4 is 11.0 Å². The van der Waals surface area contributed by atoms with E-state index < -0.39 is 0 Å². The lowest BCUT2D eigenvalue weighted by Crippen LogP contribution is -2.10. The Morgan fingerprint density at radius 2 is 1.74 bits per heavy atom. The van der Waals surface area contributed by atoms with Crippen molar-refractivity contribution < 1.29 is 0 Å². The molecule has 0 N–H and O–H groups in total. The minimum atomic E-state index is 0.0961. The summed E-state index contributed by atoms with van der Waals surface area (Å²) in [4.78, 5) is 4.62. The van der Waals surface area contributed by atoms with Crippen molar-refractivity contribution in [2.75, 3.05) is 0 Å². The molecule has 1 aromatic heterocycles. The third kappa shape index (κ3) is 3.11. The van der Waals surface area contributed by atoms with E-state index in [1.807, 2.05) is 42.7 Å². The molecule has 0 aliphatic heterocycles. The highest BCUT2D eigenvalue weighted by Gasteiger charge is 2.15. The summed E-state index contributed by atoms with van der Waals surface area (Å²) < 4.78 is 2.10. The number of nitriles is 1. The minimum Gasteiger partial charge on any atom is -0.299 e. The van der Waals surface area contributed by atoms with Crippen LogP contribution in [0, 0.1) is 11.3 Å². The van der Waals surface area contributed by atoms with Gasteiger partial charge in [-0.15, -0.1) is 0 Å². The van der Waals surface area contributed by atoms with Crippen LogP contribution < -0.4 is 0 Å². The van der Waals surface area contributed by atoms with E-state index in [0.29, 0.717) is 5.56 Å². The van der Waals surface area contributed by atoms with E-state index in [2.05, 4.69) is 66.7 Å². The van der Waals surface area contributed by atoms with Crippen molar-refractivity contribution in [2.24, 2.45) is 0 Å². The van der Waals surface area contributed by atoms with Crippen LogP contribution in [0.2, 0.25) is 0 Å². The van der Waals surface area contributed by atoms with Gasteiger partial charge in [0.2, 0.25) is 0 Å². The Balaban J connectivity index is 1.82. The van der Waals surface area contributed by atoms with Gasteiger partial charge in [-0.25, -0.2) is 4.98 Å². The predicted octanol–water partition coefficient (Wildman–Crippen LogP) is 5.86. The summed E-state index contributed by atoms with van der Waals surface area (Å²) in [5.41, 5.74) is 7.13. The maximum atomic E-state index is 9.40. The van der Waals surface area contributed by atoms with Gasteiger partial charge in [-0.05, 0) is 52.4 Å². The Hall–Kier alpha value is -3.38. The fourth-order valence-corrected chi connectivity index (χ4v) is 3.34. The van der Waals surface area contributed by atoms with E-state index >= 15 is 0 Å². The number of aromatic nitrogens is 2. The highest BCUT2D eigenvalue weighted by molar-refractivity contribution is 5.79. The predicted molar refractivity (Wildman–Crippen MR) is 110 cm³/mol. The summed E-state index contributed by atoms with van der Waals surface area (Å²) in [5.74, 6) is 0. The smallest absolute Gasteiger partial charge is 0.100 e. The molecule has 27 heavy (non-hydrogen) atoms. The molecule has 4 aromatic rings. The van der Waals surface area contributed by atoms with Crippen LogP contribution in [0.4, 0.5) is 0 Å². The van der Waals surface area contributed by atoms with Gasteiger partial charge in [0, 0.05) is 5.69 Å². The maximum Gasteiger partial charge on any atom is 0.100 e. The first kappa shape index (κ1) is 17.1. The van der Waals surface area contributed by atoms with Crippen LogP contribution >= 0.6 is 0 Å². The molecule has 0 fully saturated rings. The van der Waals surface area contributed by atoms with Crippen molar-refractivity contribution in [3.05, 3.63) is 84.2 Å². The fraction of sp³-hybridized carbons (Fsp3) is 0.167. The number of imidazole rings is 1. The average Bonchev–Trinajstić information content (AvgIpc) is 3.10. The molecule has 0 saturated carbocycles. The van der Waals surface area contributed by atoms with Gasteiger partial charge < -0.3 is 0 Å². The van der Waals surface area contributed by atoms with E-state index in [1.54, 1.807) is 0 Å². The number of fused-ring (bicyclic) bond motifs is 1. The molecule has 3 aromatic carbocycles. The van der Waals surface area contributed by atoms with Crippen molar-refractivity contribution in [1.82, 2.24) is 9.55 Å². The third-order valence-corrected chi connectivity index (χ3v) is 4.90. The van der Waals surface area contributed by atoms with E-state index in [0.717, 1.165) is 27.8 Å². The molecular formula is C24H21N3. The summed E-state index contributed by atoms with van der Waals surface area (Å²) in [6.07, 6.45) is 1.87. The molecule has 3 heteroatoms. The zero-order valence-electron chi connectivity index (χ0n) is 15.8. The Labute approximate surface area is 159 Å². The van der Waals surface area contributed by atoms with Gasteiger partial charge in [0.1, 0.15) is 6.33 Å². The van der Waals surface area contributed by atoms with Gasteiger partial charge in [-0.2, -0.15) is 5.26 Å². The van der Waals surface area contributed by atoms with E-state index in [9.17, 15) is 5.26 Å². The SMILES string of the molecule is CC(C)(C)c1ccc2c(c1)ncn2-c1cccc(-c2ccccc2C#N)c1. The van der Waals surface area contributed by atoms with Crippen LogP contribution in [0.25, 0.3) is 27.8 Å². The molecule has 1 heterocycles. The van der Waals surface area contributed by atoms with E-state index in [1.165, 1.54) is 5.56 Å². The summed E-state index contributed by atoms with van der Waals surface area (Å²) >= 11 is 0. The largest absolute Gasteiger partial charge is 0.299 e. The van der Waals surface area contributed by atoms with E-state index in [4.69, 9.17) is 0 Å². The van der Waals surface area contributed by atoms with Gasteiger partial charge in [0.25, 0.3) is 0 Å². The quantitative estimate of drug-likeness (QED) is 0.454. The number of hydrogen-bond acceptors (Lipinski definition) is 2. The molecule has 0 radical (unpaired) electrons. The van der Waals surface area contributed by atoms with Crippen molar-refractivity contribution in [1.29, 1.82) is 5.26 Å². The average molecular weight is 351 g/mol. The molecule has 4 rings (SSSR count). The molecule has 0 unspecified atom stereocenters. The topological polar surface area (TPSA) is 41.6 Å². The van der Waals surface area contributed by atoms with Gasteiger partial charge >= 0.3 is 0 Å². The molecule has 132 valence electrons. The molecule has 0 bridgehead atoms. The summed E-state index contributed by atoms with van der Waals surface area (Å²) in [6, 6.07) is 24.7. The second-order valence-electron chi connectivity index (χ2n) is 7.78.